The van der Waals surface area contributed by atoms with Gasteiger partial charge >= 0.3 is 0 Å². The van der Waals surface area contributed by atoms with Crippen molar-refractivity contribution in [3.05, 3.63) is 64.7 Å². The fourth-order valence-electron chi connectivity index (χ4n) is 2.04. The van der Waals surface area contributed by atoms with Crippen LogP contribution >= 0.6 is 24.0 Å². The molecule has 0 saturated carbocycles. The molecule has 0 heterocycles. The maximum Gasteiger partial charge on any atom is 0.193 e. The second kappa shape index (κ2) is 8.81. The molecule has 6 heteroatoms. The van der Waals surface area contributed by atoms with E-state index in [-0.39, 0.29) is 36.5 Å². The lowest BCUT2D eigenvalue weighted by atomic mass is 10.1. The Morgan fingerprint density at radius 3 is 2.52 bits per heavy atom. The summed E-state index contributed by atoms with van der Waals surface area (Å²) < 4.78 is 26.5. The van der Waals surface area contributed by atoms with Gasteiger partial charge in [-0.1, -0.05) is 6.07 Å². The van der Waals surface area contributed by atoms with Gasteiger partial charge < -0.3 is 11.1 Å². The van der Waals surface area contributed by atoms with Gasteiger partial charge in [-0.3, -0.25) is 4.99 Å². The highest BCUT2D eigenvalue weighted by Crippen LogP contribution is 2.14. The second-order valence-corrected chi connectivity index (χ2v) is 5.18. The van der Waals surface area contributed by atoms with Gasteiger partial charge in [0.25, 0.3) is 0 Å². The van der Waals surface area contributed by atoms with Gasteiger partial charge in [0.05, 0.1) is 0 Å². The van der Waals surface area contributed by atoms with Crippen LogP contribution in [0.4, 0.5) is 14.5 Å². The van der Waals surface area contributed by atoms with E-state index in [1.807, 2.05) is 32.0 Å². The number of halogens is 3. The number of benzene rings is 2. The minimum Gasteiger partial charge on any atom is -0.370 e. The molecule has 0 aromatic heterocycles. The summed E-state index contributed by atoms with van der Waals surface area (Å²) in [6.45, 7) is 4.33. The molecule has 0 aliphatic carbocycles. The molecule has 0 aliphatic heterocycles. The summed E-state index contributed by atoms with van der Waals surface area (Å²) in [5, 5.41) is 2.98. The predicted molar refractivity (Wildman–Crippen MR) is 102 cm³/mol. The van der Waals surface area contributed by atoms with Crippen molar-refractivity contribution in [3.8, 4) is 0 Å². The van der Waals surface area contributed by atoms with E-state index >= 15 is 0 Å². The number of hydrogen-bond acceptors (Lipinski definition) is 1. The van der Waals surface area contributed by atoms with Gasteiger partial charge in [-0.25, -0.2) is 8.78 Å². The molecular formula is C17H20F2IN3. The standard InChI is InChI=1S/C17H19F2N3.HI/c1-11-3-5-15(9-12(11)2)22-17(20)21-8-7-13-10-14(18)4-6-16(13)19;/h3-6,9-10H,7-8H2,1-2H3,(H3,20,21,22);1H. The molecule has 2 rings (SSSR count). The van der Waals surface area contributed by atoms with Crippen molar-refractivity contribution in [1.82, 2.24) is 0 Å². The Balaban J connectivity index is 0.00000264. The number of aliphatic imine (C=N–C) groups is 1. The molecule has 3 nitrogen and oxygen atoms in total. The smallest absolute Gasteiger partial charge is 0.193 e. The lowest BCUT2D eigenvalue weighted by Crippen LogP contribution is -2.23. The van der Waals surface area contributed by atoms with Crippen LogP contribution in [0.1, 0.15) is 16.7 Å². The lowest BCUT2D eigenvalue weighted by Gasteiger charge is -2.08. The van der Waals surface area contributed by atoms with E-state index in [0.29, 0.717) is 12.0 Å². The van der Waals surface area contributed by atoms with Crippen LogP contribution in [0, 0.1) is 25.5 Å². The molecule has 0 unspecified atom stereocenters. The zero-order chi connectivity index (χ0) is 16.1. The van der Waals surface area contributed by atoms with E-state index in [0.717, 1.165) is 23.4 Å². The van der Waals surface area contributed by atoms with E-state index in [4.69, 9.17) is 5.73 Å². The molecule has 0 saturated heterocycles. The molecule has 0 bridgehead atoms. The Labute approximate surface area is 152 Å². The Hall–Kier alpha value is -1.70. The SMILES string of the molecule is Cc1ccc(NC(N)=NCCc2cc(F)ccc2F)cc1C.I. The number of nitrogens with one attached hydrogen (secondary N) is 1. The quantitative estimate of drug-likeness (QED) is 0.434. The topological polar surface area (TPSA) is 50.4 Å². The van der Waals surface area contributed by atoms with Crippen molar-refractivity contribution >= 4 is 35.6 Å². The minimum absolute atomic E-state index is 0. The number of aryl methyl sites for hydroxylation is 2. The molecule has 124 valence electrons. The van der Waals surface area contributed by atoms with Gasteiger partial charge in [0.1, 0.15) is 11.6 Å². The molecular weight excluding hydrogens is 411 g/mol. The van der Waals surface area contributed by atoms with Gasteiger partial charge in [0.15, 0.2) is 5.96 Å². The molecule has 0 aliphatic rings. The van der Waals surface area contributed by atoms with Gasteiger partial charge in [-0.2, -0.15) is 0 Å². The monoisotopic (exact) mass is 431 g/mol. The predicted octanol–water partition coefficient (Wildman–Crippen LogP) is 4.17. The summed E-state index contributed by atoms with van der Waals surface area (Å²) in [6.07, 6.45) is 0.291. The third-order valence-electron chi connectivity index (χ3n) is 3.45. The van der Waals surface area contributed by atoms with E-state index in [1.165, 1.54) is 11.6 Å². The van der Waals surface area contributed by atoms with Crippen molar-refractivity contribution in [2.24, 2.45) is 10.7 Å². The fraction of sp³-hybridized carbons (Fsp3) is 0.235. The number of rotatable bonds is 4. The number of hydrogen-bond donors (Lipinski definition) is 2. The van der Waals surface area contributed by atoms with Crippen LogP contribution in [0.15, 0.2) is 41.4 Å². The first-order chi connectivity index (χ1) is 10.5. The molecule has 0 amide bonds. The summed E-state index contributed by atoms with van der Waals surface area (Å²) in [5.41, 5.74) is 9.29. The number of anilines is 1. The molecule has 0 fully saturated rings. The van der Waals surface area contributed by atoms with Crippen LogP contribution in [0.25, 0.3) is 0 Å². The maximum atomic E-state index is 13.5. The van der Waals surface area contributed by atoms with Crippen molar-refractivity contribution in [3.63, 3.8) is 0 Å². The van der Waals surface area contributed by atoms with Crippen LogP contribution < -0.4 is 11.1 Å². The Kier molecular flexibility index (Phi) is 7.41. The summed E-state index contributed by atoms with van der Waals surface area (Å²) >= 11 is 0. The highest BCUT2D eigenvalue weighted by Gasteiger charge is 2.03. The zero-order valence-electron chi connectivity index (χ0n) is 13.1. The van der Waals surface area contributed by atoms with Gasteiger partial charge in [0, 0.05) is 12.2 Å². The van der Waals surface area contributed by atoms with E-state index in [9.17, 15) is 8.78 Å². The Bertz CT molecular complexity index is 702. The van der Waals surface area contributed by atoms with E-state index < -0.39 is 11.6 Å². The molecule has 2 aromatic carbocycles. The van der Waals surface area contributed by atoms with Crippen LogP contribution in [-0.2, 0) is 6.42 Å². The van der Waals surface area contributed by atoms with Crippen LogP contribution in [-0.4, -0.2) is 12.5 Å². The first kappa shape index (κ1) is 19.3. The first-order valence-electron chi connectivity index (χ1n) is 7.04. The second-order valence-electron chi connectivity index (χ2n) is 5.18. The normalized spacial score (nSPS) is 11.0. The number of nitrogens with zero attached hydrogens (tertiary/aromatic N) is 1. The Morgan fingerprint density at radius 2 is 1.83 bits per heavy atom. The third-order valence-corrected chi connectivity index (χ3v) is 3.45. The van der Waals surface area contributed by atoms with Gasteiger partial charge in [0.2, 0.25) is 0 Å². The van der Waals surface area contributed by atoms with Crippen molar-refractivity contribution in [2.45, 2.75) is 20.3 Å². The van der Waals surface area contributed by atoms with Gasteiger partial charge in [-0.05, 0) is 67.3 Å². The zero-order valence-corrected chi connectivity index (χ0v) is 15.4. The maximum absolute atomic E-state index is 13.5. The molecule has 0 spiro atoms. The third kappa shape index (κ3) is 5.78. The van der Waals surface area contributed by atoms with Crippen molar-refractivity contribution in [1.29, 1.82) is 0 Å². The van der Waals surface area contributed by atoms with Gasteiger partial charge in [-0.15, -0.1) is 24.0 Å². The van der Waals surface area contributed by atoms with E-state index in [2.05, 4.69) is 10.3 Å². The van der Waals surface area contributed by atoms with Crippen molar-refractivity contribution in [2.75, 3.05) is 11.9 Å². The number of nitrogens with two attached hydrogens (primary N) is 1. The van der Waals surface area contributed by atoms with Crippen LogP contribution in [0.5, 0.6) is 0 Å². The van der Waals surface area contributed by atoms with Crippen LogP contribution in [0.3, 0.4) is 0 Å². The summed E-state index contributed by atoms with van der Waals surface area (Å²) in [5.74, 6) is -0.640. The minimum atomic E-state index is -0.457. The highest BCUT2D eigenvalue weighted by molar-refractivity contribution is 14.0. The molecule has 3 N–H and O–H groups in total. The first-order valence-corrected chi connectivity index (χ1v) is 7.04. The molecule has 0 radical (unpaired) electrons. The Morgan fingerprint density at radius 1 is 1.09 bits per heavy atom. The van der Waals surface area contributed by atoms with E-state index in [1.54, 1.807) is 0 Å². The average Bonchev–Trinajstić information content (AvgIpc) is 2.46. The highest BCUT2D eigenvalue weighted by atomic mass is 127. The summed E-state index contributed by atoms with van der Waals surface area (Å²) in [6, 6.07) is 9.27. The molecule has 23 heavy (non-hydrogen) atoms. The number of guanidine groups is 1. The lowest BCUT2D eigenvalue weighted by molar-refractivity contribution is 0.585. The summed E-state index contributed by atoms with van der Waals surface area (Å²) in [7, 11) is 0. The molecule has 0 atom stereocenters. The molecule has 2 aromatic rings. The van der Waals surface area contributed by atoms with Crippen molar-refractivity contribution < 1.29 is 8.78 Å². The largest absolute Gasteiger partial charge is 0.370 e. The average molecular weight is 431 g/mol. The van der Waals surface area contributed by atoms with Crippen LogP contribution in [0.2, 0.25) is 0 Å². The fourth-order valence-corrected chi connectivity index (χ4v) is 2.04. The summed E-state index contributed by atoms with van der Waals surface area (Å²) in [4.78, 5) is 4.13.